The van der Waals surface area contributed by atoms with Crippen molar-refractivity contribution in [2.24, 2.45) is 0 Å². The molecule has 25 heavy (non-hydrogen) atoms. The zero-order chi connectivity index (χ0) is 17.4. The van der Waals surface area contributed by atoms with Gasteiger partial charge in [-0.25, -0.2) is 0 Å². The van der Waals surface area contributed by atoms with Crippen molar-refractivity contribution in [3.63, 3.8) is 0 Å². The second kappa shape index (κ2) is 6.37. The number of nitrogen functional groups attached to an aromatic ring is 1. The van der Waals surface area contributed by atoms with Gasteiger partial charge in [-0.1, -0.05) is 36.3 Å². The maximum atomic E-state index is 12.9. The van der Waals surface area contributed by atoms with E-state index >= 15 is 0 Å². The zero-order valence-corrected chi connectivity index (χ0v) is 14.7. The molecule has 1 atom stereocenters. The van der Waals surface area contributed by atoms with Crippen LogP contribution in [0, 0.1) is 0 Å². The number of fused-ring (bicyclic) bond motifs is 1. The van der Waals surface area contributed by atoms with E-state index in [0.717, 1.165) is 24.1 Å². The number of nitrogens with zero attached hydrogens (tertiary/aromatic N) is 1. The molecule has 0 fully saturated rings. The number of anilines is 1. The van der Waals surface area contributed by atoms with Gasteiger partial charge in [-0.2, -0.15) is 0 Å². The molecule has 1 unspecified atom stereocenters. The molecule has 0 spiro atoms. The van der Waals surface area contributed by atoms with Crippen LogP contribution >= 0.6 is 11.3 Å². The Morgan fingerprint density at radius 3 is 3.00 bits per heavy atom. The molecular weight excluding hydrogens is 334 g/mol. The Balaban J connectivity index is 1.62. The number of carbonyl (C=O) groups is 1. The minimum absolute atomic E-state index is 0.000360. The minimum atomic E-state index is -0.234. The average molecular weight is 353 g/mol. The lowest BCUT2D eigenvalue weighted by atomic mass is 10.1. The van der Waals surface area contributed by atoms with Crippen LogP contribution in [-0.2, 0) is 12.8 Å². The van der Waals surface area contributed by atoms with E-state index in [1.54, 1.807) is 11.3 Å². The highest BCUT2D eigenvalue weighted by Gasteiger charge is 2.28. The summed E-state index contributed by atoms with van der Waals surface area (Å²) in [6.45, 7) is 2.10. The fourth-order valence-corrected chi connectivity index (χ4v) is 4.26. The summed E-state index contributed by atoms with van der Waals surface area (Å²) in [5, 5.41) is 7.12. The molecule has 0 saturated heterocycles. The first-order valence-corrected chi connectivity index (χ1v) is 9.22. The Hall–Kier alpha value is -2.60. The Morgan fingerprint density at radius 2 is 2.20 bits per heavy atom. The van der Waals surface area contributed by atoms with Crippen molar-refractivity contribution in [2.75, 3.05) is 5.73 Å². The summed E-state index contributed by atoms with van der Waals surface area (Å²) in [4.78, 5) is 15.0. The number of rotatable bonds is 4. The molecule has 2 heterocycles. The fourth-order valence-electron chi connectivity index (χ4n) is 3.32. The highest BCUT2D eigenvalue weighted by Crippen LogP contribution is 2.35. The Labute approximate surface area is 149 Å². The van der Waals surface area contributed by atoms with Gasteiger partial charge in [-0.15, -0.1) is 11.3 Å². The summed E-state index contributed by atoms with van der Waals surface area (Å²) in [5.41, 5.74) is 9.22. The van der Waals surface area contributed by atoms with Crippen molar-refractivity contribution in [1.82, 2.24) is 10.5 Å². The molecule has 128 valence electrons. The predicted octanol–water partition coefficient (Wildman–Crippen LogP) is 3.97. The summed E-state index contributed by atoms with van der Waals surface area (Å²) in [6.07, 6.45) is 2.81. The molecule has 1 aliphatic rings. The summed E-state index contributed by atoms with van der Waals surface area (Å²) in [6, 6.07) is 12.2. The lowest BCUT2D eigenvalue weighted by Gasteiger charge is -2.14. The van der Waals surface area contributed by atoms with Crippen molar-refractivity contribution < 1.29 is 9.32 Å². The van der Waals surface area contributed by atoms with Crippen LogP contribution in [0.1, 0.15) is 45.7 Å². The van der Waals surface area contributed by atoms with Crippen molar-refractivity contribution in [2.45, 2.75) is 32.2 Å². The molecule has 3 aromatic rings. The monoisotopic (exact) mass is 353 g/mol. The molecule has 1 aromatic carbocycles. The van der Waals surface area contributed by atoms with E-state index in [1.165, 1.54) is 16.0 Å². The highest BCUT2D eigenvalue weighted by molar-refractivity contribution is 7.15. The van der Waals surface area contributed by atoms with Crippen LogP contribution in [-0.4, -0.2) is 11.1 Å². The number of thiophene rings is 1. The van der Waals surface area contributed by atoms with Gasteiger partial charge in [0, 0.05) is 4.88 Å². The normalized spacial score (nSPS) is 16.0. The van der Waals surface area contributed by atoms with Crippen molar-refractivity contribution in [1.29, 1.82) is 0 Å². The van der Waals surface area contributed by atoms with Gasteiger partial charge in [0.1, 0.15) is 11.3 Å². The standard InChI is InChI=1S/C19H19N3O2S/c1-2-12-8-10-15(25-12)17-16(18(20)24-22-17)19(23)21-14-9-7-11-5-3-4-6-13(11)14/h3-6,8,10,14H,2,7,9,20H2,1H3,(H,21,23). The van der Waals surface area contributed by atoms with E-state index in [9.17, 15) is 4.79 Å². The zero-order valence-electron chi connectivity index (χ0n) is 13.9. The molecule has 1 aliphatic carbocycles. The van der Waals surface area contributed by atoms with Crippen molar-refractivity contribution in [3.8, 4) is 10.6 Å². The Kier molecular flexibility index (Phi) is 4.05. The second-order valence-corrected chi connectivity index (χ2v) is 7.32. The number of nitrogens with two attached hydrogens (primary N) is 1. The average Bonchev–Trinajstić information content (AvgIpc) is 3.33. The van der Waals surface area contributed by atoms with Gasteiger partial charge in [-0.3, -0.25) is 4.79 Å². The quantitative estimate of drug-likeness (QED) is 0.744. The van der Waals surface area contributed by atoms with Crippen LogP contribution in [0.25, 0.3) is 10.6 Å². The number of benzene rings is 1. The van der Waals surface area contributed by atoms with Crippen LogP contribution < -0.4 is 11.1 Å². The molecule has 3 N–H and O–H groups in total. The van der Waals surface area contributed by atoms with Crippen LogP contribution in [0.3, 0.4) is 0 Å². The molecule has 0 aliphatic heterocycles. The molecule has 0 saturated carbocycles. The topological polar surface area (TPSA) is 81.2 Å². The minimum Gasteiger partial charge on any atom is -0.367 e. The van der Waals surface area contributed by atoms with Gasteiger partial charge in [0.05, 0.1) is 10.9 Å². The number of nitrogens with one attached hydrogen (secondary N) is 1. The number of aryl methyl sites for hydroxylation is 2. The van der Waals surface area contributed by atoms with E-state index in [4.69, 9.17) is 10.3 Å². The molecule has 6 heteroatoms. The molecule has 0 radical (unpaired) electrons. The number of hydrogen-bond acceptors (Lipinski definition) is 5. The van der Waals surface area contributed by atoms with E-state index in [0.29, 0.717) is 11.3 Å². The van der Waals surface area contributed by atoms with Crippen LogP contribution in [0.2, 0.25) is 0 Å². The Morgan fingerprint density at radius 1 is 1.36 bits per heavy atom. The third-order valence-corrected chi connectivity index (χ3v) is 5.86. The maximum absolute atomic E-state index is 12.9. The first kappa shape index (κ1) is 15.9. The van der Waals surface area contributed by atoms with Gasteiger partial charge in [0.15, 0.2) is 0 Å². The Bertz CT molecular complexity index is 928. The van der Waals surface area contributed by atoms with E-state index in [1.807, 2.05) is 24.3 Å². The molecule has 1 amide bonds. The molecule has 4 rings (SSSR count). The van der Waals surface area contributed by atoms with Crippen molar-refractivity contribution in [3.05, 3.63) is 58.0 Å². The maximum Gasteiger partial charge on any atom is 0.259 e. The van der Waals surface area contributed by atoms with E-state index in [2.05, 4.69) is 29.5 Å². The summed E-state index contributed by atoms with van der Waals surface area (Å²) in [7, 11) is 0. The van der Waals surface area contributed by atoms with Crippen LogP contribution in [0.5, 0.6) is 0 Å². The fraction of sp³-hybridized carbons (Fsp3) is 0.263. The number of hydrogen-bond donors (Lipinski definition) is 2. The lowest BCUT2D eigenvalue weighted by Crippen LogP contribution is -2.27. The smallest absolute Gasteiger partial charge is 0.259 e. The highest BCUT2D eigenvalue weighted by atomic mass is 32.1. The lowest BCUT2D eigenvalue weighted by molar-refractivity contribution is 0.0938. The van der Waals surface area contributed by atoms with Gasteiger partial charge in [-0.05, 0) is 42.5 Å². The first-order chi connectivity index (χ1) is 12.2. The third kappa shape index (κ3) is 2.82. The molecule has 5 nitrogen and oxygen atoms in total. The van der Waals surface area contributed by atoms with Crippen LogP contribution in [0.15, 0.2) is 40.9 Å². The molecular formula is C19H19N3O2S. The van der Waals surface area contributed by atoms with Crippen LogP contribution in [0.4, 0.5) is 5.88 Å². The van der Waals surface area contributed by atoms with E-state index < -0.39 is 0 Å². The first-order valence-electron chi connectivity index (χ1n) is 8.40. The SMILES string of the molecule is CCc1ccc(-c2noc(N)c2C(=O)NC2CCc3ccccc32)s1. The molecule has 2 aromatic heterocycles. The third-order valence-electron chi connectivity index (χ3n) is 4.63. The van der Waals surface area contributed by atoms with Gasteiger partial charge in [0.25, 0.3) is 5.91 Å². The number of amides is 1. The van der Waals surface area contributed by atoms with Gasteiger partial charge < -0.3 is 15.6 Å². The molecule has 0 bridgehead atoms. The summed E-state index contributed by atoms with van der Waals surface area (Å²) in [5.74, 6) is -0.174. The largest absolute Gasteiger partial charge is 0.367 e. The number of aromatic nitrogens is 1. The summed E-state index contributed by atoms with van der Waals surface area (Å²) < 4.78 is 5.12. The number of carbonyl (C=O) groups excluding carboxylic acids is 1. The predicted molar refractivity (Wildman–Crippen MR) is 98.6 cm³/mol. The van der Waals surface area contributed by atoms with Gasteiger partial charge in [0.2, 0.25) is 5.88 Å². The van der Waals surface area contributed by atoms with Crippen molar-refractivity contribution >= 4 is 23.1 Å². The summed E-state index contributed by atoms with van der Waals surface area (Å²) >= 11 is 1.60. The van der Waals surface area contributed by atoms with Gasteiger partial charge >= 0.3 is 0 Å². The second-order valence-electron chi connectivity index (χ2n) is 6.15. The van der Waals surface area contributed by atoms with E-state index in [-0.39, 0.29) is 17.8 Å².